The molecule has 4 nitrogen and oxygen atoms in total. The average Bonchev–Trinajstić information content (AvgIpc) is 2.23. The molecule has 0 aliphatic rings. The number of hydrogen-bond acceptors (Lipinski definition) is 4. The van der Waals surface area contributed by atoms with Crippen molar-refractivity contribution in [3.8, 4) is 11.4 Å². The van der Waals surface area contributed by atoms with Gasteiger partial charge in [0.2, 0.25) is 0 Å². The number of hydrogen-bond donors (Lipinski definition) is 2. The van der Waals surface area contributed by atoms with Crippen LogP contribution in [0.2, 0.25) is 0 Å². The maximum Gasteiger partial charge on any atom is 0.114 e. The molecule has 2 rings (SSSR count). The largest absolute Gasteiger partial charge is 0.397 e. The highest BCUT2D eigenvalue weighted by molar-refractivity contribution is 5.79. The highest BCUT2D eigenvalue weighted by Gasteiger charge is 2.06. The number of nitrogen functional groups attached to an aromatic ring is 2. The van der Waals surface area contributed by atoms with E-state index in [2.05, 4.69) is 9.97 Å². The molecule has 15 heavy (non-hydrogen) atoms. The molecule has 0 saturated carbocycles. The van der Waals surface area contributed by atoms with Crippen LogP contribution in [0.4, 0.5) is 11.4 Å². The van der Waals surface area contributed by atoms with Crippen LogP contribution in [0, 0.1) is 0 Å². The van der Waals surface area contributed by atoms with E-state index in [4.69, 9.17) is 11.5 Å². The minimum Gasteiger partial charge on any atom is -0.397 e. The second-order valence-electron chi connectivity index (χ2n) is 2.88. The third-order valence-corrected chi connectivity index (χ3v) is 1.93. The molecule has 0 saturated heterocycles. The summed E-state index contributed by atoms with van der Waals surface area (Å²) in [6.07, 6.45) is 3.31. The molecule has 0 bridgehead atoms. The summed E-state index contributed by atoms with van der Waals surface area (Å²) < 4.78 is 0. The van der Waals surface area contributed by atoms with E-state index < -0.39 is 0 Å². The molecule has 0 radical (unpaired) electrons. The molecular weight excluding hydrogens is 188 g/mol. The van der Waals surface area contributed by atoms with Crippen molar-refractivity contribution in [1.29, 1.82) is 0 Å². The Morgan fingerprint density at radius 2 is 1.73 bits per heavy atom. The van der Waals surface area contributed by atoms with E-state index in [9.17, 15) is 0 Å². The van der Waals surface area contributed by atoms with Crippen LogP contribution in [0.5, 0.6) is 0 Å². The van der Waals surface area contributed by atoms with Gasteiger partial charge in [-0.3, -0.25) is 9.97 Å². The first-order chi connectivity index (χ1) is 6.79. The molecule has 4 N–H and O–H groups in total. The fourth-order valence-electron chi connectivity index (χ4n) is 1.20. The summed E-state index contributed by atoms with van der Waals surface area (Å²) in [6, 6.07) is 7.23. The number of pyridine rings is 2. The molecule has 0 unspecified atom stereocenters. The average molecular weight is 202 g/mol. The van der Waals surface area contributed by atoms with E-state index in [0.29, 0.717) is 17.1 Å². The molecule has 0 spiro atoms. The maximum absolute atomic E-state index is 5.79. The van der Waals surface area contributed by atoms with Crippen LogP contribution in [0.25, 0.3) is 11.4 Å². The topological polar surface area (TPSA) is 77.8 Å². The zero-order valence-electron chi connectivity index (χ0n) is 7.51. The number of nitrogens with zero attached hydrogens (tertiary/aromatic N) is 2. The fraction of sp³-hybridized carbons (Fsp3) is 0.0909. The van der Waals surface area contributed by atoms with Crippen molar-refractivity contribution in [1.82, 2.24) is 9.97 Å². The molecular formula is C11H14N4. The van der Waals surface area contributed by atoms with E-state index in [0.717, 1.165) is 5.69 Å². The zero-order chi connectivity index (χ0) is 9.97. The molecule has 0 fully saturated rings. The Hall–Kier alpha value is -2.10. The van der Waals surface area contributed by atoms with Gasteiger partial charge >= 0.3 is 0 Å². The standard InChI is InChI=1S/C10H10N4.CH4/c11-7-4-6-14-10(9(7)12)8-3-1-2-5-13-8;/h1-6H,12H2,(H2,11,14);1H4. The van der Waals surface area contributed by atoms with Crippen LogP contribution in [-0.4, -0.2) is 9.97 Å². The summed E-state index contributed by atoms with van der Waals surface area (Å²) in [7, 11) is 0. The molecule has 0 aliphatic heterocycles. The van der Waals surface area contributed by atoms with Crippen molar-refractivity contribution in [3.63, 3.8) is 0 Å². The Bertz CT molecular complexity index is 440. The Balaban J connectivity index is 0.00000112. The molecule has 2 aromatic heterocycles. The van der Waals surface area contributed by atoms with Crippen LogP contribution in [0.3, 0.4) is 0 Å². The van der Waals surface area contributed by atoms with Gasteiger partial charge < -0.3 is 11.5 Å². The SMILES string of the molecule is C.Nc1ccnc(-c2ccccn2)c1N. The molecule has 0 atom stereocenters. The van der Waals surface area contributed by atoms with E-state index in [1.807, 2.05) is 18.2 Å². The lowest BCUT2D eigenvalue weighted by Gasteiger charge is -2.05. The Kier molecular flexibility index (Phi) is 3.23. The number of anilines is 2. The zero-order valence-corrected chi connectivity index (χ0v) is 7.51. The first-order valence-electron chi connectivity index (χ1n) is 4.20. The lowest BCUT2D eigenvalue weighted by Crippen LogP contribution is -1.99. The second kappa shape index (κ2) is 4.41. The number of nitrogens with two attached hydrogens (primary N) is 2. The second-order valence-corrected chi connectivity index (χ2v) is 2.88. The van der Waals surface area contributed by atoms with Crippen LogP contribution in [0.1, 0.15) is 7.43 Å². The van der Waals surface area contributed by atoms with Crippen molar-refractivity contribution in [2.75, 3.05) is 11.5 Å². The first kappa shape index (κ1) is 11.0. The Morgan fingerprint density at radius 3 is 2.40 bits per heavy atom. The quantitative estimate of drug-likeness (QED) is 0.740. The Morgan fingerprint density at radius 1 is 0.933 bits per heavy atom. The van der Waals surface area contributed by atoms with Gasteiger partial charge in [0.05, 0.1) is 17.1 Å². The van der Waals surface area contributed by atoms with E-state index in [-0.39, 0.29) is 7.43 Å². The van der Waals surface area contributed by atoms with Crippen LogP contribution in [0.15, 0.2) is 36.7 Å². The highest BCUT2D eigenvalue weighted by atomic mass is 14.8. The van der Waals surface area contributed by atoms with Gasteiger partial charge in [0.1, 0.15) is 5.69 Å². The van der Waals surface area contributed by atoms with Gasteiger partial charge in [-0.1, -0.05) is 13.5 Å². The summed E-state index contributed by atoms with van der Waals surface area (Å²) >= 11 is 0. The first-order valence-corrected chi connectivity index (χ1v) is 4.20. The van der Waals surface area contributed by atoms with Gasteiger partial charge in [-0.15, -0.1) is 0 Å². The summed E-state index contributed by atoms with van der Waals surface area (Å²) in [5, 5.41) is 0. The van der Waals surface area contributed by atoms with E-state index >= 15 is 0 Å². The van der Waals surface area contributed by atoms with Crippen molar-refractivity contribution in [2.24, 2.45) is 0 Å². The van der Waals surface area contributed by atoms with Crippen LogP contribution in [-0.2, 0) is 0 Å². The van der Waals surface area contributed by atoms with Crippen LogP contribution >= 0.6 is 0 Å². The predicted octanol–water partition coefficient (Wildman–Crippen LogP) is 1.94. The van der Waals surface area contributed by atoms with E-state index in [1.54, 1.807) is 18.5 Å². The third-order valence-electron chi connectivity index (χ3n) is 1.93. The molecule has 0 aliphatic carbocycles. The van der Waals surface area contributed by atoms with Gasteiger partial charge in [-0.05, 0) is 18.2 Å². The minimum absolute atomic E-state index is 0. The lowest BCUT2D eigenvalue weighted by atomic mass is 10.2. The van der Waals surface area contributed by atoms with Crippen molar-refractivity contribution in [2.45, 2.75) is 7.43 Å². The van der Waals surface area contributed by atoms with E-state index in [1.165, 1.54) is 0 Å². The molecule has 78 valence electrons. The molecule has 2 heterocycles. The van der Waals surface area contributed by atoms with Crippen molar-refractivity contribution < 1.29 is 0 Å². The molecule has 0 aromatic carbocycles. The summed E-state index contributed by atoms with van der Waals surface area (Å²) in [6.45, 7) is 0. The number of rotatable bonds is 1. The smallest absolute Gasteiger partial charge is 0.114 e. The summed E-state index contributed by atoms with van der Waals surface area (Å²) in [5.74, 6) is 0. The fourth-order valence-corrected chi connectivity index (χ4v) is 1.20. The minimum atomic E-state index is 0. The van der Waals surface area contributed by atoms with Gasteiger partial charge in [0.25, 0.3) is 0 Å². The summed E-state index contributed by atoms with van der Waals surface area (Å²) in [4.78, 5) is 8.29. The van der Waals surface area contributed by atoms with Gasteiger partial charge in [-0.25, -0.2) is 0 Å². The predicted molar refractivity (Wildman–Crippen MR) is 63.0 cm³/mol. The molecule has 2 aromatic rings. The maximum atomic E-state index is 5.79. The van der Waals surface area contributed by atoms with Crippen molar-refractivity contribution >= 4 is 11.4 Å². The molecule has 4 heteroatoms. The Labute approximate surface area is 89.0 Å². The lowest BCUT2D eigenvalue weighted by molar-refractivity contribution is 1.25. The van der Waals surface area contributed by atoms with Gasteiger partial charge in [0, 0.05) is 12.4 Å². The monoisotopic (exact) mass is 202 g/mol. The van der Waals surface area contributed by atoms with Gasteiger partial charge in [-0.2, -0.15) is 0 Å². The normalized spacial score (nSPS) is 9.33. The van der Waals surface area contributed by atoms with Gasteiger partial charge in [0.15, 0.2) is 0 Å². The van der Waals surface area contributed by atoms with Crippen molar-refractivity contribution in [3.05, 3.63) is 36.7 Å². The third kappa shape index (κ3) is 2.04. The molecule has 0 amide bonds. The highest BCUT2D eigenvalue weighted by Crippen LogP contribution is 2.25. The number of aromatic nitrogens is 2. The summed E-state index contributed by atoms with van der Waals surface area (Å²) in [5.41, 5.74) is 13.8. The van der Waals surface area contributed by atoms with Crippen LogP contribution < -0.4 is 11.5 Å².